The third-order valence-corrected chi connectivity index (χ3v) is 1.26. The number of hydrogen-bond donors (Lipinski definition) is 0. The van der Waals surface area contributed by atoms with Crippen LogP contribution in [0.15, 0.2) is 18.6 Å². The summed E-state index contributed by atoms with van der Waals surface area (Å²) < 4.78 is 1.78. The largest absolute Gasteiger partial charge is 0.340 e. The third kappa shape index (κ3) is 1.37. The van der Waals surface area contributed by atoms with Crippen LogP contribution >= 0.6 is 0 Å². The number of aromatic nitrogens is 2. The molecule has 0 saturated heterocycles. The first-order chi connectivity index (χ1) is 4.84. The number of hydrogen-bond acceptors (Lipinski definition) is 2. The van der Waals surface area contributed by atoms with E-state index in [2.05, 4.69) is 16.7 Å². The van der Waals surface area contributed by atoms with Gasteiger partial charge in [0.1, 0.15) is 6.20 Å². The molecule has 0 unspecified atom stereocenters. The molecule has 0 N–H and O–H groups in total. The maximum atomic E-state index is 4.05. The first-order valence-corrected chi connectivity index (χ1v) is 3.18. The van der Waals surface area contributed by atoms with Gasteiger partial charge in [-0.05, 0) is 11.9 Å². The Morgan fingerprint density at radius 3 is 2.90 bits per heavy atom. The summed E-state index contributed by atoms with van der Waals surface area (Å²) in [7, 11) is 0. The second-order valence-corrected chi connectivity index (χ2v) is 1.92. The lowest BCUT2D eigenvalue weighted by Crippen LogP contribution is -2.02. The van der Waals surface area contributed by atoms with E-state index in [1.54, 1.807) is 23.2 Å². The Kier molecular flexibility index (Phi) is 2.10. The maximum Gasteiger partial charge on any atom is 0.340 e. The summed E-state index contributed by atoms with van der Waals surface area (Å²) in [6.07, 6.45) is 4.99. The lowest BCUT2D eigenvalue weighted by Gasteiger charge is -1.92. The van der Waals surface area contributed by atoms with Crippen molar-refractivity contribution >= 4 is 12.5 Å². The lowest BCUT2D eigenvalue weighted by molar-refractivity contribution is -0.431. The zero-order valence-corrected chi connectivity index (χ0v) is 5.99. The Labute approximate surface area is 60.1 Å². The summed E-state index contributed by atoms with van der Waals surface area (Å²) in [4.78, 5) is 7.96. The molecule has 0 amide bonds. The van der Waals surface area contributed by atoms with Gasteiger partial charge < -0.3 is 0 Å². The standard InChI is InChI=1S/C7H10N3/c1-3-10(2)7-6-8-4-5-9-7/h4-6H,2-3H2,1H3/q+1. The summed E-state index contributed by atoms with van der Waals surface area (Å²) in [5, 5.41) is 0. The van der Waals surface area contributed by atoms with Crippen LogP contribution in [0, 0.1) is 0 Å². The van der Waals surface area contributed by atoms with E-state index in [9.17, 15) is 0 Å². The molecule has 0 aliphatic rings. The first kappa shape index (κ1) is 6.86. The fraction of sp³-hybridized carbons (Fsp3) is 0.286. The minimum atomic E-state index is 0.810. The molecule has 0 radical (unpaired) electrons. The monoisotopic (exact) mass is 136 g/mol. The molecule has 0 aliphatic carbocycles. The van der Waals surface area contributed by atoms with Crippen molar-refractivity contribution in [2.45, 2.75) is 6.92 Å². The van der Waals surface area contributed by atoms with Crippen molar-refractivity contribution in [1.82, 2.24) is 9.97 Å². The van der Waals surface area contributed by atoms with Crippen LogP contribution in [0.4, 0.5) is 5.82 Å². The average molecular weight is 136 g/mol. The SMILES string of the molecule is C=[N+](CC)c1cnccn1. The highest BCUT2D eigenvalue weighted by atomic mass is 15.1. The molecule has 1 heterocycles. The molecule has 0 atom stereocenters. The van der Waals surface area contributed by atoms with Crippen LogP contribution in [-0.4, -0.2) is 27.8 Å². The molecule has 1 rings (SSSR count). The Hall–Kier alpha value is -1.25. The Balaban J connectivity index is 2.85. The van der Waals surface area contributed by atoms with E-state index in [0.29, 0.717) is 0 Å². The minimum Gasteiger partial charge on any atom is -0.252 e. The van der Waals surface area contributed by atoms with Gasteiger partial charge in [-0.25, -0.2) is 4.58 Å². The lowest BCUT2D eigenvalue weighted by atomic mass is 10.6. The van der Waals surface area contributed by atoms with Gasteiger partial charge in [0.15, 0.2) is 6.20 Å². The molecule has 0 aromatic carbocycles. The zero-order chi connectivity index (χ0) is 7.40. The summed E-state index contributed by atoms with van der Waals surface area (Å²) >= 11 is 0. The van der Waals surface area contributed by atoms with Crippen molar-refractivity contribution in [2.75, 3.05) is 6.54 Å². The molecule has 0 saturated carbocycles. The van der Waals surface area contributed by atoms with Gasteiger partial charge in [0.2, 0.25) is 0 Å². The van der Waals surface area contributed by atoms with E-state index in [1.165, 1.54) is 0 Å². The predicted octanol–water partition coefficient (Wildman–Crippen LogP) is 0.841. The zero-order valence-electron chi connectivity index (χ0n) is 5.99. The van der Waals surface area contributed by atoms with Crippen LogP contribution in [0.25, 0.3) is 0 Å². The molecule has 52 valence electrons. The topological polar surface area (TPSA) is 28.8 Å². The molecule has 3 heteroatoms. The molecule has 1 aromatic heterocycles. The molecule has 3 nitrogen and oxygen atoms in total. The second kappa shape index (κ2) is 3.06. The minimum absolute atomic E-state index is 0.810. The van der Waals surface area contributed by atoms with Crippen molar-refractivity contribution in [2.24, 2.45) is 0 Å². The third-order valence-electron chi connectivity index (χ3n) is 1.26. The van der Waals surface area contributed by atoms with E-state index >= 15 is 0 Å². The normalized spacial score (nSPS) is 9.30. The van der Waals surface area contributed by atoms with Gasteiger partial charge in [-0.3, -0.25) is 4.98 Å². The molecule has 0 bridgehead atoms. The van der Waals surface area contributed by atoms with Gasteiger partial charge in [0, 0.05) is 0 Å². The molecule has 0 fully saturated rings. The highest BCUT2D eigenvalue weighted by molar-refractivity contribution is 5.23. The molecular formula is C7H10N3+. The number of nitrogens with zero attached hydrogens (tertiary/aromatic N) is 3. The molecule has 0 aliphatic heterocycles. The van der Waals surface area contributed by atoms with Crippen LogP contribution < -0.4 is 0 Å². The van der Waals surface area contributed by atoms with Crippen molar-refractivity contribution in [1.29, 1.82) is 0 Å². The summed E-state index contributed by atoms with van der Waals surface area (Å²) in [6.45, 7) is 6.62. The van der Waals surface area contributed by atoms with E-state index in [-0.39, 0.29) is 0 Å². The van der Waals surface area contributed by atoms with Gasteiger partial charge in [0.05, 0.1) is 19.5 Å². The summed E-state index contributed by atoms with van der Waals surface area (Å²) in [6, 6.07) is 0. The van der Waals surface area contributed by atoms with Crippen LogP contribution in [0.2, 0.25) is 0 Å². The van der Waals surface area contributed by atoms with Crippen molar-refractivity contribution < 1.29 is 4.58 Å². The van der Waals surface area contributed by atoms with Gasteiger partial charge in [-0.1, -0.05) is 0 Å². The van der Waals surface area contributed by atoms with Crippen LogP contribution in [0.3, 0.4) is 0 Å². The van der Waals surface area contributed by atoms with Crippen molar-refractivity contribution in [3.63, 3.8) is 0 Å². The van der Waals surface area contributed by atoms with Crippen molar-refractivity contribution in [3.8, 4) is 0 Å². The highest BCUT2D eigenvalue weighted by Crippen LogP contribution is 1.99. The first-order valence-electron chi connectivity index (χ1n) is 3.18. The summed E-state index contributed by atoms with van der Waals surface area (Å²) in [5.41, 5.74) is 0. The fourth-order valence-corrected chi connectivity index (χ4v) is 0.617. The van der Waals surface area contributed by atoms with Gasteiger partial charge in [0.25, 0.3) is 0 Å². The Bertz CT molecular complexity index is 218. The van der Waals surface area contributed by atoms with E-state index in [0.717, 1.165) is 12.4 Å². The van der Waals surface area contributed by atoms with Gasteiger partial charge in [-0.2, -0.15) is 0 Å². The Morgan fingerprint density at radius 1 is 1.60 bits per heavy atom. The number of rotatable bonds is 2. The van der Waals surface area contributed by atoms with E-state index in [1.807, 2.05) is 6.92 Å². The molecular weight excluding hydrogens is 126 g/mol. The average Bonchev–Trinajstić information content (AvgIpc) is 2.05. The van der Waals surface area contributed by atoms with Crippen LogP contribution in [-0.2, 0) is 0 Å². The van der Waals surface area contributed by atoms with Crippen molar-refractivity contribution in [3.05, 3.63) is 18.6 Å². The molecule has 0 spiro atoms. The molecule has 1 aromatic rings. The highest BCUT2D eigenvalue weighted by Gasteiger charge is 2.02. The fourth-order valence-electron chi connectivity index (χ4n) is 0.617. The second-order valence-electron chi connectivity index (χ2n) is 1.92. The van der Waals surface area contributed by atoms with Crippen LogP contribution in [0.1, 0.15) is 6.92 Å². The van der Waals surface area contributed by atoms with Gasteiger partial charge >= 0.3 is 5.82 Å². The van der Waals surface area contributed by atoms with E-state index in [4.69, 9.17) is 0 Å². The van der Waals surface area contributed by atoms with E-state index < -0.39 is 0 Å². The van der Waals surface area contributed by atoms with Gasteiger partial charge in [-0.15, -0.1) is 0 Å². The van der Waals surface area contributed by atoms with Crippen LogP contribution in [0.5, 0.6) is 0 Å². The smallest absolute Gasteiger partial charge is 0.252 e. The summed E-state index contributed by atoms with van der Waals surface area (Å²) in [5.74, 6) is 0.810. The maximum absolute atomic E-state index is 4.05. The quantitative estimate of drug-likeness (QED) is 0.445. The predicted molar refractivity (Wildman–Crippen MR) is 39.6 cm³/mol. The Morgan fingerprint density at radius 2 is 2.40 bits per heavy atom. The molecule has 10 heavy (non-hydrogen) atoms.